The van der Waals surface area contributed by atoms with Crippen LogP contribution < -0.4 is 20.9 Å². The number of nitrogens with zero attached hydrogens (tertiary/aromatic N) is 6. The van der Waals surface area contributed by atoms with Crippen molar-refractivity contribution in [2.75, 3.05) is 36.0 Å². The number of phenolic OH excluding ortho intramolecular Hbond substituents is 2. The van der Waals surface area contributed by atoms with E-state index < -0.39 is 23.7 Å². The van der Waals surface area contributed by atoms with Gasteiger partial charge in [-0.05, 0) is 81.1 Å². The van der Waals surface area contributed by atoms with Gasteiger partial charge in [0.1, 0.15) is 23.1 Å². The molecule has 0 aliphatic carbocycles. The number of benzene rings is 4. The van der Waals surface area contributed by atoms with Crippen molar-refractivity contribution in [3.63, 3.8) is 0 Å². The molecule has 2 aromatic heterocycles. The number of piperidine rings is 2. The number of para-hydroxylation sites is 4. The standard InChI is InChI=1S/C23H23F3N4O3.C19H20N4O/c1-22(33,23(24,25)26)21(32)27-14-10-12-30(13-11-14)20-15-6-2-4-8-17(15)28-19(29-20)16-7-3-5-9-18(16)31;20-13-9-11-23(12-10-13)19-14-5-1-3-7-16(14)21-18(22-19)15-6-2-4-8-17(15)24/h2-9,14,31,33H,10-13H2,1H3,(H,27,32);1-8,13,24H,9-12,20H2. The Morgan fingerprint density at radius 1 is 0.667 bits per heavy atom. The highest BCUT2D eigenvalue weighted by Gasteiger charge is 2.56. The minimum absolute atomic E-state index is 0.0527. The SMILES string of the molecule is CC(O)(C(=O)NC1CCN(c2nc(-c3ccccc3O)nc3ccccc23)CC1)C(F)(F)F.NC1CCN(c2nc(-c3ccccc3O)nc3ccccc23)CC1. The third-order valence-electron chi connectivity index (χ3n) is 10.4. The Labute approximate surface area is 326 Å². The Hall–Kier alpha value is -6.06. The van der Waals surface area contributed by atoms with Crippen molar-refractivity contribution in [2.24, 2.45) is 5.73 Å². The number of alkyl halides is 3. The molecule has 6 aromatic rings. The van der Waals surface area contributed by atoms with Crippen LogP contribution in [-0.2, 0) is 4.79 Å². The fraction of sp³-hybridized carbons (Fsp3) is 0.310. The first-order valence-electron chi connectivity index (χ1n) is 18.8. The molecule has 4 heterocycles. The molecular formula is C42H43F3N8O4. The van der Waals surface area contributed by atoms with Crippen molar-refractivity contribution in [3.05, 3.63) is 97.1 Å². The maximum Gasteiger partial charge on any atom is 0.426 e. The number of rotatable bonds is 6. The number of phenols is 2. The highest BCUT2D eigenvalue weighted by molar-refractivity contribution is 5.92. The molecule has 2 aliphatic rings. The highest BCUT2D eigenvalue weighted by atomic mass is 19.4. The van der Waals surface area contributed by atoms with Crippen LogP contribution in [0.5, 0.6) is 11.5 Å². The Balaban J connectivity index is 0.000000183. The first-order chi connectivity index (χ1) is 27.3. The highest BCUT2D eigenvalue weighted by Crippen LogP contribution is 2.35. The van der Waals surface area contributed by atoms with E-state index in [1.807, 2.05) is 65.6 Å². The Bertz CT molecular complexity index is 2380. The molecule has 296 valence electrons. The van der Waals surface area contributed by atoms with Gasteiger partial charge in [0.05, 0.1) is 22.2 Å². The van der Waals surface area contributed by atoms with Gasteiger partial charge in [-0.15, -0.1) is 0 Å². The van der Waals surface area contributed by atoms with E-state index in [1.165, 1.54) is 0 Å². The summed E-state index contributed by atoms with van der Waals surface area (Å²) < 4.78 is 38.8. The molecule has 0 saturated carbocycles. The van der Waals surface area contributed by atoms with E-state index in [1.54, 1.807) is 36.4 Å². The van der Waals surface area contributed by atoms with Crippen LogP contribution in [0.1, 0.15) is 32.6 Å². The molecule has 8 rings (SSSR count). The van der Waals surface area contributed by atoms with Crippen molar-refractivity contribution in [1.29, 1.82) is 0 Å². The number of halogens is 3. The zero-order chi connectivity index (χ0) is 40.3. The van der Waals surface area contributed by atoms with Crippen molar-refractivity contribution >= 4 is 39.3 Å². The van der Waals surface area contributed by atoms with Gasteiger partial charge in [-0.2, -0.15) is 13.2 Å². The molecule has 2 saturated heterocycles. The van der Waals surface area contributed by atoms with Gasteiger partial charge in [-0.3, -0.25) is 4.79 Å². The zero-order valence-electron chi connectivity index (χ0n) is 31.2. The van der Waals surface area contributed by atoms with Gasteiger partial charge in [-0.1, -0.05) is 48.5 Å². The average Bonchev–Trinajstić information content (AvgIpc) is 3.21. The normalized spacial score (nSPS) is 16.5. The molecule has 2 fully saturated rings. The number of aromatic nitrogens is 4. The van der Waals surface area contributed by atoms with Crippen LogP contribution in [-0.4, -0.2) is 91.2 Å². The molecule has 2 aliphatic heterocycles. The fourth-order valence-corrected chi connectivity index (χ4v) is 6.97. The molecule has 0 bridgehead atoms. The number of aromatic hydroxyl groups is 2. The van der Waals surface area contributed by atoms with Gasteiger partial charge in [0.25, 0.3) is 5.91 Å². The molecule has 4 aromatic carbocycles. The Kier molecular flexibility index (Phi) is 11.1. The van der Waals surface area contributed by atoms with E-state index in [9.17, 15) is 33.3 Å². The number of anilines is 2. The summed E-state index contributed by atoms with van der Waals surface area (Å²) in [4.78, 5) is 35.0. The number of carbonyl (C=O) groups is 1. The smallest absolute Gasteiger partial charge is 0.426 e. The predicted octanol–water partition coefficient (Wildman–Crippen LogP) is 6.33. The summed E-state index contributed by atoms with van der Waals surface area (Å²) in [6.07, 6.45) is -2.38. The first-order valence-corrected chi connectivity index (χ1v) is 18.8. The van der Waals surface area contributed by atoms with Crippen molar-refractivity contribution in [3.8, 4) is 34.3 Å². The van der Waals surface area contributed by atoms with Gasteiger partial charge in [-0.25, -0.2) is 19.9 Å². The van der Waals surface area contributed by atoms with Crippen LogP contribution in [0.25, 0.3) is 44.6 Å². The van der Waals surface area contributed by atoms with Crippen LogP contribution in [0.3, 0.4) is 0 Å². The summed E-state index contributed by atoms with van der Waals surface area (Å²) in [5.74, 6) is 1.27. The number of nitrogens with one attached hydrogen (secondary N) is 1. The van der Waals surface area contributed by atoms with E-state index in [-0.39, 0.29) is 17.5 Å². The molecular weight excluding hydrogens is 738 g/mol. The van der Waals surface area contributed by atoms with Gasteiger partial charge < -0.3 is 36.2 Å². The second kappa shape index (κ2) is 16.2. The van der Waals surface area contributed by atoms with E-state index in [0.29, 0.717) is 67.0 Å². The van der Waals surface area contributed by atoms with Crippen LogP contribution in [0.2, 0.25) is 0 Å². The molecule has 1 unspecified atom stereocenters. The first kappa shape index (κ1) is 39.2. The molecule has 1 amide bonds. The number of hydrogen-bond acceptors (Lipinski definition) is 11. The molecule has 57 heavy (non-hydrogen) atoms. The van der Waals surface area contributed by atoms with Gasteiger partial charge in [0, 0.05) is 49.0 Å². The van der Waals surface area contributed by atoms with Crippen LogP contribution in [0.15, 0.2) is 97.1 Å². The number of hydrogen-bond donors (Lipinski definition) is 5. The molecule has 12 nitrogen and oxygen atoms in total. The van der Waals surface area contributed by atoms with E-state index in [4.69, 9.17) is 15.7 Å². The minimum atomic E-state index is -5.06. The largest absolute Gasteiger partial charge is 0.507 e. The van der Waals surface area contributed by atoms with Crippen molar-refractivity contribution in [1.82, 2.24) is 25.3 Å². The second-order valence-corrected chi connectivity index (χ2v) is 14.4. The predicted molar refractivity (Wildman–Crippen MR) is 213 cm³/mol. The Morgan fingerprint density at radius 3 is 1.51 bits per heavy atom. The third-order valence-corrected chi connectivity index (χ3v) is 10.4. The molecule has 15 heteroatoms. The van der Waals surface area contributed by atoms with Gasteiger partial charge in [0.2, 0.25) is 5.60 Å². The summed E-state index contributed by atoms with van der Waals surface area (Å²) >= 11 is 0. The van der Waals surface area contributed by atoms with E-state index in [0.717, 1.165) is 48.0 Å². The lowest BCUT2D eigenvalue weighted by molar-refractivity contribution is -0.245. The van der Waals surface area contributed by atoms with Crippen LogP contribution >= 0.6 is 0 Å². The third kappa shape index (κ3) is 8.39. The average molecular weight is 781 g/mol. The molecule has 6 N–H and O–H groups in total. The number of nitrogens with two attached hydrogens (primary N) is 1. The van der Waals surface area contributed by atoms with Crippen LogP contribution in [0, 0.1) is 0 Å². The summed E-state index contributed by atoms with van der Waals surface area (Å²) in [5, 5.41) is 34.1. The summed E-state index contributed by atoms with van der Waals surface area (Å²) in [6.45, 7) is 3.09. The van der Waals surface area contributed by atoms with Crippen molar-refractivity contribution < 1.29 is 33.3 Å². The topological polar surface area (TPSA) is 174 Å². The monoisotopic (exact) mass is 780 g/mol. The van der Waals surface area contributed by atoms with E-state index in [2.05, 4.69) is 20.2 Å². The lowest BCUT2D eigenvalue weighted by Crippen LogP contribution is -2.58. The second-order valence-electron chi connectivity index (χ2n) is 14.4. The number of carbonyl (C=O) groups excluding carboxylic acids is 1. The molecule has 0 spiro atoms. The zero-order valence-corrected chi connectivity index (χ0v) is 31.2. The Morgan fingerprint density at radius 2 is 1.07 bits per heavy atom. The quantitative estimate of drug-likeness (QED) is 0.128. The lowest BCUT2D eigenvalue weighted by Gasteiger charge is -2.35. The summed E-state index contributed by atoms with van der Waals surface area (Å²) in [6, 6.07) is 29.1. The fourth-order valence-electron chi connectivity index (χ4n) is 6.97. The molecule has 1 atom stereocenters. The minimum Gasteiger partial charge on any atom is -0.507 e. The number of aliphatic hydroxyl groups is 1. The van der Waals surface area contributed by atoms with Crippen LogP contribution in [0.4, 0.5) is 24.8 Å². The number of fused-ring (bicyclic) bond motifs is 2. The summed E-state index contributed by atoms with van der Waals surface area (Å²) in [7, 11) is 0. The molecule has 0 radical (unpaired) electrons. The number of amides is 1. The maximum absolute atomic E-state index is 12.9. The van der Waals surface area contributed by atoms with E-state index >= 15 is 0 Å². The van der Waals surface area contributed by atoms with Gasteiger partial charge in [0.15, 0.2) is 11.6 Å². The lowest BCUT2D eigenvalue weighted by atomic mass is 10.0. The maximum atomic E-state index is 12.9. The van der Waals surface area contributed by atoms with Gasteiger partial charge >= 0.3 is 6.18 Å². The van der Waals surface area contributed by atoms with Crippen molar-refractivity contribution in [2.45, 2.75) is 56.5 Å². The summed E-state index contributed by atoms with van der Waals surface area (Å²) in [5.41, 5.74) is 5.31.